The summed E-state index contributed by atoms with van der Waals surface area (Å²) in [5.41, 5.74) is 5.78. The monoisotopic (exact) mass is 237 g/mol. The van der Waals surface area contributed by atoms with Gasteiger partial charge in [-0.05, 0) is 5.56 Å². The summed E-state index contributed by atoms with van der Waals surface area (Å²) in [7, 11) is 0. The van der Waals surface area contributed by atoms with Gasteiger partial charge in [-0.25, -0.2) is 4.79 Å². The quantitative estimate of drug-likeness (QED) is 0.546. The maximum atomic E-state index is 11.3. The molecule has 0 saturated carbocycles. The minimum Gasteiger partial charge on any atom is -0.381 e. The first-order valence-corrected chi connectivity index (χ1v) is 5.12. The summed E-state index contributed by atoms with van der Waals surface area (Å²) in [4.78, 5) is 21.7. The number of nitrogens with two attached hydrogens (primary N) is 1. The van der Waals surface area contributed by atoms with Crippen molar-refractivity contribution >= 4 is 11.9 Å². The molecule has 1 aromatic carbocycles. The maximum absolute atomic E-state index is 11.3. The lowest BCUT2D eigenvalue weighted by molar-refractivity contribution is -0.125. The summed E-state index contributed by atoms with van der Waals surface area (Å²) in [6.07, 6.45) is -1.36. The standard InChI is InChI=1S/C11H15N3O3/c12-10(16)9(15)7-14-11(17)13-6-8-4-2-1-3-5-8/h1-5,9,15H,6-7H2,(H2,12,16)(H2,13,14,17). The van der Waals surface area contributed by atoms with Crippen LogP contribution in [0.5, 0.6) is 0 Å². The molecular formula is C11H15N3O3. The number of nitrogens with one attached hydrogen (secondary N) is 2. The largest absolute Gasteiger partial charge is 0.381 e. The Hall–Kier alpha value is -2.08. The van der Waals surface area contributed by atoms with E-state index in [-0.39, 0.29) is 6.54 Å². The molecule has 6 heteroatoms. The van der Waals surface area contributed by atoms with Crippen LogP contribution in [0.1, 0.15) is 5.56 Å². The Balaban J connectivity index is 2.24. The molecule has 1 unspecified atom stereocenters. The highest BCUT2D eigenvalue weighted by Gasteiger charge is 2.11. The zero-order valence-corrected chi connectivity index (χ0v) is 9.22. The summed E-state index contributed by atoms with van der Waals surface area (Å²) in [6.45, 7) is 0.176. The fraction of sp³-hybridized carbons (Fsp3) is 0.273. The third kappa shape index (κ3) is 4.98. The van der Waals surface area contributed by atoms with E-state index in [1.54, 1.807) is 0 Å². The van der Waals surface area contributed by atoms with Crippen molar-refractivity contribution in [2.45, 2.75) is 12.6 Å². The van der Waals surface area contributed by atoms with E-state index in [2.05, 4.69) is 10.6 Å². The molecule has 0 heterocycles. The first-order valence-electron chi connectivity index (χ1n) is 5.12. The fourth-order valence-corrected chi connectivity index (χ4v) is 1.13. The highest BCUT2D eigenvalue weighted by Crippen LogP contribution is 1.96. The van der Waals surface area contributed by atoms with Gasteiger partial charge < -0.3 is 21.5 Å². The Morgan fingerprint density at radius 1 is 1.24 bits per heavy atom. The molecule has 0 bridgehead atoms. The van der Waals surface area contributed by atoms with Gasteiger partial charge in [0, 0.05) is 6.54 Å². The second kappa shape index (κ2) is 6.49. The maximum Gasteiger partial charge on any atom is 0.315 e. The van der Waals surface area contributed by atoms with Crippen molar-refractivity contribution in [3.63, 3.8) is 0 Å². The van der Waals surface area contributed by atoms with E-state index in [0.29, 0.717) is 6.54 Å². The van der Waals surface area contributed by atoms with Crippen LogP contribution in [0.25, 0.3) is 0 Å². The number of carbonyl (C=O) groups excluding carboxylic acids is 2. The molecule has 0 fully saturated rings. The van der Waals surface area contributed by atoms with E-state index < -0.39 is 18.0 Å². The summed E-state index contributed by atoms with van der Waals surface area (Å²) in [5.74, 6) is -0.867. The van der Waals surface area contributed by atoms with Gasteiger partial charge >= 0.3 is 6.03 Å². The van der Waals surface area contributed by atoms with Crippen LogP contribution in [0, 0.1) is 0 Å². The molecule has 0 aliphatic heterocycles. The number of benzene rings is 1. The average Bonchev–Trinajstić information content (AvgIpc) is 2.34. The summed E-state index contributed by atoms with van der Waals surface area (Å²) in [6, 6.07) is 8.90. The second-order valence-electron chi connectivity index (χ2n) is 3.47. The van der Waals surface area contributed by atoms with Crippen molar-refractivity contribution in [1.29, 1.82) is 0 Å². The van der Waals surface area contributed by atoms with Crippen molar-refractivity contribution in [3.8, 4) is 0 Å². The van der Waals surface area contributed by atoms with Gasteiger partial charge in [0.2, 0.25) is 5.91 Å². The molecule has 0 aromatic heterocycles. The van der Waals surface area contributed by atoms with Crippen molar-refractivity contribution in [2.24, 2.45) is 5.73 Å². The molecule has 0 radical (unpaired) electrons. The Labute approximate surface area is 98.8 Å². The fourth-order valence-electron chi connectivity index (χ4n) is 1.13. The Kier molecular flexibility index (Phi) is 4.96. The first-order chi connectivity index (χ1) is 8.09. The predicted molar refractivity (Wildman–Crippen MR) is 61.9 cm³/mol. The molecule has 6 nitrogen and oxygen atoms in total. The molecule has 1 aromatic rings. The third-order valence-electron chi connectivity index (χ3n) is 2.08. The third-order valence-corrected chi connectivity index (χ3v) is 2.08. The van der Waals surface area contributed by atoms with E-state index >= 15 is 0 Å². The van der Waals surface area contributed by atoms with Crippen molar-refractivity contribution in [3.05, 3.63) is 35.9 Å². The molecule has 1 atom stereocenters. The number of aliphatic hydroxyl groups excluding tert-OH is 1. The van der Waals surface area contributed by atoms with E-state index in [0.717, 1.165) is 5.56 Å². The van der Waals surface area contributed by atoms with Crippen molar-refractivity contribution in [2.75, 3.05) is 6.54 Å². The van der Waals surface area contributed by atoms with Crippen LogP contribution in [-0.4, -0.2) is 29.7 Å². The molecule has 0 spiro atoms. The molecule has 0 saturated heterocycles. The number of amides is 3. The van der Waals surface area contributed by atoms with Crippen LogP contribution < -0.4 is 16.4 Å². The van der Waals surface area contributed by atoms with Gasteiger partial charge in [0.1, 0.15) is 6.10 Å². The van der Waals surface area contributed by atoms with Gasteiger partial charge in [-0.15, -0.1) is 0 Å². The molecule has 3 amide bonds. The van der Waals surface area contributed by atoms with Gasteiger partial charge in [0.15, 0.2) is 0 Å². The number of urea groups is 1. The molecule has 0 aliphatic rings. The lowest BCUT2D eigenvalue weighted by atomic mass is 10.2. The normalized spacial score (nSPS) is 11.6. The average molecular weight is 237 g/mol. The zero-order chi connectivity index (χ0) is 12.7. The summed E-state index contributed by atoms with van der Waals surface area (Å²) in [5, 5.41) is 14.0. The van der Waals surface area contributed by atoms with Crippen LogP contribution in [0.2, 0.25) is 0 Å². The SMILES string of the molecule is NC(=O)C(O)CNC(=O)NCc1ccccc1. The number of primary amides is 1. The van der Waals surface area contributed by atoms with Gasteiger partial charge in [-0.3, -0.25) is 4.79 Å². The predicted octanol–water partition coefficient (Wildman–Crippen LogP) is -0.668. The molecule has 1 rings (SSSR count). The van der Waals surface area contributed by atoms with Crippen LogP contribution >= 0.6 is 0 Å². The van der Waals surface area contributed by atoms with Gasteiger partial charge in [0.25, 0.3) is 0 Å². The van der Waals surface area contributed by atoms with Gasteiger partial charge in [-0.2, -0.15) is 0 Å². The Bertz CT molecular complexity index is 381. The molecule has 92 valence electrons. The topological polar surface area (TPSA) is 104 Å². The van der Waals surface area contributed by atoms with Crippen molar-refractivity contribution in [1.82, 2.24) is 10.6 Å². The lowest BCUT2D eigenvalue weighted by Crippen LogP contribution is -2.43. The highest BCUT2D eigenvalue weighted by atomic mass is 16.3. The molecule has 17 heavy (non-hydrogen) atoms. The first kappa shape index (κ1) is 13.0. The minimum atomic E-state index is -1.36. The number of rotatable bonds is 5. The number of aliphatic hydroxyl groups is 1. The second-order valence-corrected chi connectivity index (χ2v) is 3.47. The summed E-state index contributed by atoms with van der Waals surface area (Å²) < 4.78 is 0. The smallest absolute Gasteiger partial charge is 0.315 e. The van der Waals surface area contributed by atoms with Gasteiger partial charge in [-0.1, -0.05) is 30.3 Å². The minimum absolute atomic E-state index is 0.198. The number of hydrogen-bond acceptors (Lipinski definition) is 3. The molecular weight excluding hydrogens is 222 g/mol. The lowest BCUT2D eigenvalue weighted by Gasteiger charge is -2.09. The van der Waals surface area contributed by atoms with Crippen LogP contribution in [-0.2, 0) is 11.3 Å². The van der Waals surface area contributed by atoms with Gasteiger partial charge in [0.05, 0.1) is 6.54 Å². The highest BCUT2D eigenvalue weighted by molar-refractivity contribution is 5.80. The van der Waals surface area contributed by atoms with E-state index in [4.69, 9.17) is 10.8 Å². The number of hydrogen-bond donors (Lipinski definition) is 4. The van der Waals surface area contributed by atoms with Crippen LogP contribution in [0.4, 0.5) is 4.79 Å². The Morgan fingerprint density at radius 2 is 1.88 bits per heavy atom. The van der Waals surface area contributed by atoms with Crippen LogP contribution in [0.3, 0.4) is 0 Å². The van der Waals surface area contributed by atoms with E-state index in [1.165, 1.54) is 0 Å². The molecule has 5 N–H and O–H groups in total. The zero-order valence-electron chi connectivity index (χ0n) is 9.22. The Morgan fingerprint density at radius 3 is 2.47 bits per heavy atom. The molecule has 0 aliphatic carbocycles. The van der Waals surface area contributed by atoms with E-state index in [1.807, 2.05) is 30.3 Å². The summed E-state index contributed by atoms with van der Waals surface area (Å²) >= 11 is 0. The van der Waals surface area contributed by atoms with E-state index in [9.17, 15) is 9.59 Å². The van der Waals surface area contributed by atoms with Crippen molar-refractivity contribution < 1.29 is 14.7 Å². The number of carbonyl (C=O) groups is 2. The van der Waals surface area contributed by atoms with Crippen LogP contribution in [0.15, 0.2) is 30.3 Å².